The second kappa shape index (κ2) is 6.71. The van der Waals surface area contributed by atoms with Gasteiger partial charge in [-0.15, -0.1) is 0 Å². The highest BCUT2D eigenvalue weighted by atomic mass is 32.2. The summed E-state index contributed by atoms with van der Waals surface area (Å²) >= 11 is 0. The Balaban J connectivity index is 2.19. The van der Waals surface area contributed by atoms with E-state index in [4.69, 9.17) is 4.52 Å². The molecule has 0 saturated carbocycles. The number of benzene rings is 1. The molecule has 0 atom stereocenters. The molecule has 0 unspecified atom stereocenters. The normalized spacial score (nSPS) is 11.4. The van der Waals surface area contributed by atoms with Crippen LogP contribution in [0, 0.1) is 6.92 Å². The lowest BCUT2D eigenvalue weighted by Gasteiger charge is -2.07. The summed E-state index contributed by atoms with van der Waals surface area (Å²) in [5, 5.41) is 6.20. The number of sulfonamides is 1. The van der Waals surface area contributed by atoms with Crippen LogP contribution in [0.1, 0.15) is 29.5 Å². The summed E-state index contributed by atoms with van der Waals surface area (Å²) in [6, 6.07) is 7.38. The topological polar surface area (TPSA) is 101 Å². The molecule has 2 aromatic rings. The highest BCUT2D eigenvalue weighted by molar-refractivity contribution is 7.89. The lowest BCUT2D eigenvalue weighted by Crippen LogP contribution is -2.24. The number of carbonyl (C=O) groups is 1. The van der Waals surface area contributed by atoms with E-state index in [2.05, 4.69) is 15.2 Å². The van der Waals surface area contributed by atoms with Crippen molar-refractivity contribution in [2.75, 3.05) is 11.9 Å². The molecule has 1 aromatic heterocycles. The standard InChI is InChI=1S/C14H17N3O4S/c1-3-7-15-22(19,20)12-6-4-5-11(9-12)14(18)16-13-8-10(2)21-17-13/h4-6,8-9,15H,3,7H2,1-2H3,(H,16,17,18). The summed E-state index contributed by atoms with van der Waals surface area (Å²) in [6.07, 6.45) is 0.685. The molecule has 0 aliphatic rings. The fraction of sp³-hybridized carbons (Fsp3) is 0.286. The van der Waals surface area contributed by atoms with Crippen molar-refractivity contribution in [3.63, 3.8) is 0 Å². The van der Waals surface area contributed by atoms with Gasteiger partial charge in [0.05, 0.1) is 4.90 Å². The average Bonchev–Trinajstić information content (AvgIpc) is 2.90. The zero-order valence-corrected chi connectivity index (χ0v) is 13.1. The van der Waals surface area contributed by atoms with Gasteiger partial charge in [0.15, 0.2) is 5.82 Å². The number of hydrogen-bond donors (Lipinski definition) is 2. The van der Waals surface area contributed by atoms with Gasteiger partial charge in [0.1, 0.15) is 5.76 Å². The molecular formula is C14H17N3O4S. The third-order valence-corrected chi connectivity index (χ3v) is 4.28. The Morgan fingerprint density at radius 2 is 2.09 bits per heavy atom. The van der Waals surface area contributed by atoms with Crippen LogP contribution in [-0.4, -0.2) is 26.0 Å². The van der Waals surface area contributed by atoms with Gasteiger partial charge in [-0.3, -0.25) is 4.79 Å². The van der Waals surface area contributed by atoms with E-state index in [-0.39, 0.29) is 16.3 Å². The fourth-order valence-electron chi connectivity index (χ4n) is 1.74. The highest BCUT2D eigenvalue weighted by Gasteiger charge is 2.16. The first-order valence-corrected chi connectivity index (χ1v) is 8.25. The molecule has 8 heteroatoms. The highest BCUT2D eigenvalue weighted by Crippen LogP contribution is 2.14. The van der Waals surface area contributed by atoms with Gasteiger partial charge in [-0.1, -0.05) is 18.1 Å². The average molecular weight is 323 g/mol. The van der Waals surface area contributed by atoms with Crippen LogP contribution in [-0.2, 0) is 10.0 Å². The van der Waals surface area contributed by atoms with Crippen LogP contribution < -0.4 is 10.0 Å². The number of anilines is 1. The maximum atomic E-state index is 12.1. The minimum atomic E-state index is -3.61. The molecule has 118 valence electrons. The maximum Gasteiger partial charge on any atom is 0.256 e. The SMILES string of the molecule is CCCNS(=O)(=O)c1cccc(C(=O)Nc2cc(C)on2)c1. The Morgan fingerprint density at radius 3 is 2.73 bits per heavy atom. The van der Waals surface area contributed by atoms with Crippen molar-refractivity contribution >= 4 is 21.7 Å². The van der Waals surface area contributed by atoms with Gasteiger partial charge in [0, 0.05) is 18.2 Å². The van der Waals surface area contributed by atoms with Crippen molar-refractivity contribution in [2.24, 2.45) is 0 Å². The van der Waals surface area contributed by atoms with E-state index in [0.717, 1.165) is 0 Å². The predicted octanol–water partition coefficient (Wildman–Crippen LogP) is 1.92. The van der Waals surface area contributed by atoms with Crippen LogP contribution in [0.25, 0.3) is 0 Å². The van der Waals surface area contributed by atoms with Crippen LogP contribution in [0.3, 0.4) is 0 Å². The van der Waals surface area contributed by atoms with Gasteiger partial charge in [-0.2, -0.15) is 0 Å². The number of hydrogen-bond acceptors (Lipinski definition) is 5. The first-order valence-electron chi connectivity index (χ1n) is 6.77. The molecule has 0 aliphatic carbocycles. The first-order chi connectivity index (χ1) is 10.4. The lowest BCUT2D eigenvalue weighted by atomic mass is 10.2. The van der Waals surface area contributed by atoms with E-state index < -0.39 is 15.9 Å². The second-order valence-electron chi connectivity index (χ2n) is 4.70. The van der Waals surface area contributed by atoms with Gasteiger partial charge in [-0.25, -0.2) is 13.1 Å². The van der Waals surface area contributed by atoms with Gasteiger partial charge in [-0.05, 0) is 31.5 Å². The number of aromatic nitrogens is 1. The maximum absolute atomic E-state index is 12.1. The number of carbonyl (C=O) groups excluding carboxylic acids is 1. The fourth-order valence-corrected chi connectivity index (χ4v) is 2.92. The predicted molar refractivity (Wildman–Crippen MR) is 81.1 cm³/mol. The van der Waals surface area contributed by atoms with Crippen LogP contribution in [0.2, 0.25) is 0 Å². The Kier molecular flexibility index (Phi) is 4.94. The molecule has 1 amide bonds. The van der Waals surface area contributed by atoms with Crippen LogP contribution >= 0.6 is 0 Å². The number of amides is 1. The van der Waals surface area contributed by atoms with E-state index >= 15 is 0 Å². The largest absolute Gasteiger partial charge is 0.360 e. The third kappa shape index (κ3) is 3.92. The lowest BCUT2D eigenvalue weighted by molar-refractivity contribution is 0.102. The van der Waals surface area contributed by atoms with E-state index in [9.17, 15) is 13.2 Å². The Bertz CT molecular complexity index is 768. The zero-order valence-electron chi connectivity index (χ0n) is 12.3. The van der Waals surface area contributed by atoms with Crippen LogP contribution in [0.4, 0.5) is 5.82 Å². The molecule has 0 fully saturated rings. The van der Waals surface area contributed by atoms with E-state index in [1.807, 2.05) is 6.92 Å². The second-order valence-corrected chi connectivity index (χ2v) is 6.47. The molecule has 1 heterocycles. The van der Waals surface area contributed by atoms with Crippen molar-refractivity contribution in [2.45, 2.75) is 25.2 Å². The molecule has 2 N–H and O–H groups in total. The summed E-state index contributed by atoms with van der Waals surface area (Å²) in [6.45, 7) is 3.92. The molecule has 0 aliphatic heterocycles. The number of aryl methyl sites for hydroxylation is 1. The molecule has 22 heavy (non-hydrogen) atoms. The quantitative estimate of drug-likeness (QED) is 0.845. The van der Waals surface area contributed by atoms with E-state index in [1.165, 1.54) is 24.3 Å². The first kappa shape index (κ1) is 16.2. The number of rotatable bonds is 6. The third-order valence-electron chi connectivity index (χ3n) is 2.82. The monoisotopic (exact) mass is 323 g/mol. The van der Waals surface area contributed by atoms with Crippen LogP contribution in [0.15, 0.2) is 39.8 Å². The van der Waals surface area contributed by atoms with Gasteiger partial charge >= 0.3 is 0 Å². The molecule has 0 spiro atoms. The summed E-state index contributed by atoms with van der Waals surface area (Å²) in [5.41, 5.74) is 0.222. The van der Waals surface area contributed by atoms with E-state index in [0.29, 0.717) is 18.7 Å². The molecule has 2 rings (SSSR count). The summed E-state index contributed by atoms with van der Waals surface area (Å²) in [5.74, 6) is 0.385. The molecule has 0 saturated heterocycles. The van der Waals surface area contributed by atoms with Gasteiger partial charge < -0.3 is 9.84 Å². The molecule has 0 bridgehead atoms. The Hall–Kier alpha value is -2.19. The van der Waals surface area contributed by atoms with Crippen molar-refractivity contribution in [1.82, 2.24) is 9.88 Å². The minimum Gasteiger partial charge on any atom is -0.360 e. The van der Waals surface area contributed by atoms with E-state index in [1.54, 1.807) is 13.0 Å². The van der Waals surface area contributed by atoms with Crippen molar-refractivity contribution in [1.29, 1.82) is 0 Å². The summed E-state index contributed by atoms with van der Waals surface area (Å²) in [7, 11) is -3.61. The minimum absolute atomic E-state index is 0.0462. The smallest absolute Gasteiger partial charge is 0.256 e. The summed E-state index contributed by atoms with van der Waals surface area (Å²) in [4.78, 5) is 12.2. The Labute approximate surface area is 128 Å². The van der Waals surface area contributed by atoms with Crippen molar-refractivity contribution < 1.29 is 17.7 Å². The van der Waals surface area contributed by atoms with Gasteiger partial charge in [0.25, 0.3) is 5.91 Å². The molecule has 7 nitrogen and oxygen atoms in total. The van der Waals surface area contributed by atoms with Crippen LogP contribution in [0.5, 0.6) is 0 Å². The molecular weight excluding hydrogens is 306 g/mol. The number of nitrogens with zero attached hydrogens (tertiary/aromatic N) is 1. The summed E-state index contributed by atoms with van der Waals surface area (Å²) < 4.78 is 31.4. The molecule has 1 aromatic carbocycles. The Morgan fingerprint density at radius 1 is 1.32 bits per heavy atom. The molecule has 0 radical (unpaired) electrons. The number of nitrogens with one attached hydrogen (secondary N) is 2. The zero-order chi connectivity index (χ0) is 16.2. The van der Waals surface area contributed by atoms with Crippen molar-refractivity contribution in [3.8, 4) is 0 Å². The van der Waals surface area contributed by atoms with Gasteiger partial charge in [0.2, 0.25) is 10.0 Å². The van der Waals surface area contributed by atoms with Crippen molar-refractivity contribution in [3.05, 3.63) is 41.7 Å².